The van der Waals surface area contributed by atoms with E-state index < -0.39 is 97.4 Å². The van der Waals surface area contributed by atoms with Crippen LogP contribution in [0.3, 0.4) is 0 Å². The fourth-order valence-corrected chi connectivity index (χ4v) is 13.9. The van der Waals surface area contributed by atoms with E-state index in [2.05, 4.69) is 127 Å². The summed E-state index contributed by atoms with van der Waals surface area (Å²) in [6, 6.07) is 25.9. The van der Waals surface area contributed by atoms with Crippen molar-refractivity contribution in [3.8, 4) is 23.0 Å². The fourth-order valence-electron chi connectivity index (χ4n) is 8.57. The number of aliphatic carboxylic acids is 1. The van der Waals surface area contributed by atoms with Gasteiger partial charge in [0.05, 0.1) is 47.0 Å². The molecule has 0 saturated heterocycles. The van der Waals surface area contributed by atoms with E-state index in [4.69, 9.17) is 36.7 Å². The molecule has 0 radical (unpaired) electrons. The number of esters is 1. The van der Waals surface area contributed by atoms with Gasteiger partial charge in [-0.3, -0.25) is 28.3 Å². The summed E-state index contributed by atoms with van der Waals surface area (Å²) in [4.78, 5) is 67.9. The zero-order valence-electron chi connectivity index (χ0n) is 71.6. The highest BCUT2D eigenvalue weighted by atomic mass is 32.2. The van der Waals surface area contributed by atoms with Gasteiger partial charge < -0.3 is 67.2 Å². The minimum absolute atomic E-state index is 0.0233. The summed E-state index contributed by atoms with van der Waals surface area (Å²) < 4.78 is 128. The first-order valence-corrected chi connectivity index (χ1v) is 52.7. The Balaban J connectivity index is 0.00000140. The monoisotopic (exact) mass is 1710 g/mol. The molecule has 0 heterocycles. The molecule has 4 amide bonds. The predicted octanol–water partition coefficient (Wildman–Crippen LogP) is 16.0. The number of nitrogens with one attached hydrogen (secondary N) is 4. The maximum atomic E-state index is 12.3. The third-order valence-electron chi connectivity index (χ3n) is 17.5. The van der Waals surface area contributed by atoms with Crippen LogP contribution in [0.25, 0.3) is 0 Å². The predicted molar refractivity (Wildman–Crippen MR) is 448 cm³/mol. The number of hydrogen-bond acceptors (Lipinski definition) is 20. The van der Waals surface area contributed by atoms with Crippen LogP contribution in [-0.2, 0) is 92.0 Å². The molecule has 0 aromatic heterocycles. The van der Waals surface area contributed by atoms with Gasteiger partial charge >= 0.3 is 27.6 Å². The van der Waals surface area contributed by atoms with Crippen LogP contribution < -0.4 is 38.7 Å². The maximum Gasteiger partial charge on any atom is 0.534 e. The van der Waals surface area contributed by atoms with Gasteiger partial charge in [0.2, 0.25) is 48.6 Å². The number of rotatable bonds is 32. The van der Waals surface area contributed by atoms with Crippen molar-refractivity contribution in [2.24, 2.45) is 0 Å². The molecule has 0 aliphatic heterocycles. The number of carboxylic acids is 1. The minimum Gasteiger partial charge on any atom is -0.544 e. The zero-order valence-corrected chi connectivity index (χ0v) is 78.2. The fraction of sp³-hybridized carbons (Fsp3) is 0.610. The quantitative estimate of drug-likeness (QED) is 0.00660. The number of benzene rings is 4. The Bertz CT molecular complexity index is 3800. The van der Waals surface area contributed by atoms with Crippen molar-refractivity contribution < 1.29 is 105 Å². The van der Waals surface area contributed by atoms with Crippen LogP contribution in [0.5, 0.6) is 23.0 Å². The lowest BCUT2D eigenvalue weighted by molar-refractivity contribution is -0.144. The van der Waals surface area contributed by atoms with Crippen LogP contribution in [0.2, 0.25) is 54.4 Å². The van der Waals surface area contributed by atoms with Crippen LogP contribution in [-0.4, -0.2) is 178 Å². The van der Waals surface area contributed by atoms with Crippen LogP contribution in [0, 0.1) is 0 Å². The number of carboxylic acid groups (broad SMARTS) is 1. The van der Waals surface area contributed by atoms with Gasteiger partial charge in [0, 0.05) is 73.2 Å². The van der Waals surface area contributed by atoms with Crippen molar-refractivity contribution >= 4 is 94.3 Å². The van der Waals surface area contributed by atoms with Crippen LogP contribution in [0.1, 0.15) is 154 Å². The number of nitrogens with zero attached hydrogens (tertiary/aromatic N) is 1. The number of ether oxygens (including phenoxy) is 1. The number of alkyl halides is 3. The average molecular weight is 1710 g/mol. The van der Waals surface area contributed by atoms with E-state index in [1.54, 1.807) is 20.3 Å². The highest BCUT2D eigenvalue weighted by molar-refractivity contribution is 7.88. The number of aliphatic hydroxyl groups excluding tert-OH is 1. The van der Waals surface area contributed by atoms with Crippen molar-refractivity contribution in [1.82, 2.24) is 25.9 Å². The first-order chi connectivity index (χ1) is 50.5. The van der Waals surface area contributed by atoms with E-state index in [-0.39, 0.29) is 85.4 Å². The van der Waals surface area contributed by atoms with E-state index >= 15 is 0 Å². The molecule has 6 N–H and O–H groups in total. The van der Waals surface area contributed by atoms with Gasteiger partial charge in [-0.05, 0) is 180 Å². The molecule has 25 nitrogen and oxygen atoms in total. The summed E-state index contributed by atoms with van der Waals surface area (Å²) in [6.07, 6.45) is 1.02. The molecule has 6 atom stereocenters. The lowest BCUT2D eigenvalue weighted by Crippen LogP contribution is -2.43. The number of carbonyl (C=O) groups is 6. The van der Waals surface area contributed by atoms with E-state index in [0.717, 1.165) is 46.1 Å². The zero-order chi connectivity index (χ0) is 87.4. The number of methoxy groups -OCH3 is 1. The third kappa shape index (κ3) is 44.2. The van der Waals surface area contributed by atoms with Gasteiger partial charge in [-0.1, -0.05) is 111 Å². The lowest BCUT2D eigenvalue weighted by atomic mass is 10.1. The Hall–Kier alpha value is -6.02. The number of hydrogen-bond donors (Lipinski definition) is 6. The highest BCUT2D eigenvalue weighted by Crippen LogP contribution is 2.42. The molecule has 0 fully saturated rings. The van der Waals surface area contributed by atoms with Gasteiger partial charge in [-0.2, -0.15) is 21.6 Å². The smallest absolute Gasteiger partial charge is 0.534 e. The first kappa shape index (κ1) is 106. The Morgan fingerprint density at radius 1 is 0.491 bits per heavy atom. The molecular formula is C77H131F3N5O20P3SSi3. The summed E-state index contributed by atoms with van der Waals surface area (Å²) in [5, 5.41) is 29.5. The Kier molecular flexibility index (Phi) is 43.0. The topological polar surface area (TPSA) is 336 Å². The number of halogens is 3. The molecule has 0 spiro atoms. The van der Waals surface area contributed by atoms with Crippen molar-refractivity contribution in [2.75, 3.05) is 47.0 Å². The number of aliphatic hydroxyl groups is 1. The summed E-state index contributed by atoms with van der Waals surface area (Å²) in [5.41, 5.74) is -2.24. The molecule has 4 rings (SSSR count). The van der Waals surface area contributed by atoms with Crippen molar-refractivity contribution in [2.45, 2.75) is 259 Å². The average Bonchev–Trinajstić information content (AvgIpc) is 0.835. The summed E-state index contributed by atoms with van der Waals surface area (Å²) in [6.45, 7) is 56.5. The van der Waals surface area contributed by atoms with E-state index in [0.29, 0.717) is 24.4 Å². The standard InChI is InChI=1S/C19H34NO4PSi.C18H29NO4Si.C17H27NO4Si.C14H19F3NO6PS.C9H22NO2P/c1-15(21)20-17(14-23-25(5,6)22)13-16-9-11-18(12-10-16)24-26(7,8)19(2,3)4;1-13(20)19-16(17(21)22-5)12-14-8-10-15(11-9-14)23-24(6,7)18(2,3)4;1-12(19)18-15(16(20)21)11-13-7-9-14(10-8-13)22-23(5,6)17(2,3)4;1-10(19)18-12(9-23-25(2,3)20)8-11-4-6-13(7-5-11)24-26(21,22)14(15,16)17;1-7(2)10(8(3)11)13-12-9(4,5)6/h9-12,17H,13-14H2,1-8H3,(H,20,21);8-11,16H,12H2,1-7H3,(H,19,20);7-10,15H,11H2,1-6H3,(H,18,19)(H,20,21);4-7,12H,8-9H2,1-3H3,(H,18,19);7-8,11,13H,1-6H3/t17-;16-;15-;12-;/m1111./s1. The first-order valence-electron chi connectivity index (χ1n) is 36.6. The third-order valence-corrected chi connectivity index (χ3v) is 34.9. The van der Waals surface area contributed by atoms with Gasteiger partial charge in [0.15, 0.2) is 14.7 Å². The van der Waals surface area contributed by atoms with Crippen LogP contribution in [0.4, 0.5) is 13.2 Å². The lowest BCUT2D eigenvalue weighted by Gasteiger charge is -2.36. The summed E-state index contributed by atoms with van der Waals surface area (Å²) in [7, 11) is -15.2. The van der Waals surface area contributed by atoms with Crippen molar-refractivity contribution in [3.63, 3.8) is 0 Å². The summed E-state index contributed by atoms with van der Waals surface area (Å²) >= 11 is 0. The van der Waals surface area contributed by atoms with Crippen LogP contribution >= 0.6 is 23.7 Å². The van der Waals surface area contributed by atoms with Gasteiger partial charge in [-0.15, -0.1) is 0 Å². The van der Waals surface area contributed by atoms with Crippen molar-refractivity contribution in [1.29, 1.82) is 0 Å². The minimum atomic E-state index is -5.74. The van der Waals surface area contributed by atoms with E-state index in [9.17, 15) is 64.6 Å². The van der Waals surface area contributed by atoms with Gasteiger partial charge in [-0.25, -0.2) is 14.3 Å². The Morgan fingerprint density at radius 2 is 0.768 bits per heavy atom. The number of amides is 4. The van der Waals surface area contributed by atoms with E-state index in [1.807, 2.05) is 112 Å². The molecule has 4 aromatic rings. The second-order valence-electron chi connectivity index (χ2n) is 33.7. The van der Waals surface area contributed by atoms with Crippen LogP contribution in [0.15, 0.2) is 97.1 Å². The maximum absolute atomic E-state index is 12.3. The second-order valence-corrected chi connectivity index (χ2v) is 55.8. The largest absolute Gasteiger partial charge is 0.544 e. The molecular weight excluding hydrogens is 1580 g/mol. The second kappa shape index (κ2) is 45.5. The van der Waals surface area contributed by atoms with Crippen molar-refractivity contribution in [3.05, 3.63) is 119 Å². The molecule has 0 aliphatic carbocycles. The molecule has 0 saturated carbocycles. The molecule has 638 valence electrons. The SMILES string of the molecule is CC(=O)N[C@@H](COP(C)(C)=O)Cc1ccc(OS(=O)(=O)C(F)(F)F)cc1.CC(=O)N[C@@H](COP(C)(C)=O)Cc1ccc(O[Si](C)(C)C(C)(C)C)cc1.CC(=O)N[C@H](Cc1ccc(O[Si](C)(C)C(C)(C)C)cc1)C(=O)O.CC(C)N(POC(C)(C)C)C(C)O.COC(=O)[C@@H](Cc1ccc(O[Si](C)(C)C(C)(C)C)cc1)NC(C)=O. The molecule has 112 heavy (non-hydrogen) atoms. The van der Waals surface area contributed by atoms with Gasteiger partial charge in [0.25, 0.3) is 0 Å². The molecule has 2 unspecified atom stereocenters. The summed E-state index contributed by atoms with van der Waals surface area (Å²) in [5.74, 6) is -0.557. The Labute approximate surface area is 670 Å². The Morgan fingerprint density at radius 3 is 1.00 bits per heavy atom. The molecule has 35 heteroatoms. The molecule has 4 aromatic carbocycles. The molecule has 0 aliphatic rings. The van der Waals surface area contributed by atoms with Gasteiger partial charge in [0.1, 0.15) is 41.3 Å². The normalized spacial score (nSPS) is 13.9. The van der Waals surface area contributed by atoms with E-state index in [1.165, 1.54) is 60.3 Å². The molecule has 0 bridgehead atoms. The highest BCUT2D eigenvalue weighted by Gasteiger charge is 2.49. The number of carbonyl (C=O) groups excluding carboxylic acids is 5.